The van der Waals surface area contributed by atoms with Crippen LogP contribution < -0.4 is 0 Å². The van der Waals surface area contributed by atoms with Gasteiger partial charge in [0.05, 0.1) is 17.7 Å². The number of carbonyl (C=O) groups is 1. The van der Waals surface area contributed by atoms with Gasteiger partial charge in [-0.2, -0.15) is 0 Å². The minimum Gasteiger partial charge on any atom is -0.507 e. The molecule has 1 aromatic heterocycles. The molecule has 2 aromatic rings. The number of para-hydroxylation sites is 1. The molecule has 1 heterocycles. The molecule has 0 fully saturated rings. The summed E-state index contributed by atoms with van der Waals surface area (Å²) in [6.07, 6.45) is 1.68. The van der Waals surface area contributed by atoms with Gasteiger partial charge in [-0.15, -0.1) is 0 Å². The zero-order chi connectivity index (χ0) is 11.5. The van der Waals surface area contributed by atoms with Crippen molar-refractivity contribution in [1.82, 2.24) is 4.98 Å². The predicted octanol–water partition coefficient (Wildman–Crippen LogP) is 2.18. The van der Waals surface area contributed by atoms with E-state index in [1.54, 1.807) is 24.3 Å². The molecule has 4 nitrogen and oxygen atoms in total. The lowest BCUT2D eigenvalue weighted by atomic mass is 10.2. The van der Waals surface area contributed by atoms with Crippen LogP contribution in [0.25, 0.3) is 11.5 Å². The van der Waals surface area contributed by atoms with Crippen LogP contribution in [0.15, 0.2) is 34.9 Å². The van der Waals surface area contributed by atoms with Crippen molar-refractivity contribution in [3.63, 3.8) is 0 Å². The SMILES string of the molecule is CC(=O)Cc1coc(-c2ccccc2O)n1. The van der Waals surface area contributed by atoms with Gasteiger partial charge in [0, 0.05) is 0 Å². The number of benzene rings is 1. The molecule has 0 amide bonds. The van der Waals surface area contributed by atoms with Crippen molar-refractivity contribution in [2.45, 2.75) is 13.3 Å². The molecule has 0 unspecified atom stereocenters. The average molecular weight is 217 g/mol. The Bertz CT molecular complexity index is 516. The Kier molecular flexibility index (Phi) is 2.72. The van der Waals surface area contributed by atoms with Crippen molar-refractivity contribution in [1.29, 1.82) is 0 Å². The van der Waals surface area contributed by atoms with E-state index >= 15 is 0 Å². The van der Waals surface area contributed by atoms with Gasteiger partial charge in [-0.05, 0) is 19.1 Å². The summed E-state index contributed by atoms with van der Waals surface area (Å²) in [5.74, 6) is 0.463. The van der Waals surface area contributed by atoms with E-state index in [1.165, 1.54) is 13.2 Å². The van der Waals surface area contributed by atoms with E-state index in [9.17, 15) is 9.90 Å². The summed E-state index contributed by atoms with van der Waals surface area (Å²) in [6, 6.07) is 6.77. The summed E-state index contributed by atoms with van der Waals surface area (Å²) in [6.45, 7) is 1.49. The number of hydrogen-bond acceptors (Lipinski definition) is 4. The molecular weight excluding hydrogens is 206 g/mol. The molecule has 4 heteroatoms. The number of ketones is 1. The van der Waals surface area contributed by atoms with Crippen LogP contribution in [-0.2, 0) is 11.2 Å². The number of aromatic nitrogens is 1. The highest BCUT2D eigenvalue weighted by atomic mass is 16.3. The van der Waals surface area contributed by atoms with Crippen molar-refractivity contribution < 1.29 is 14.3 Å². The van der Waals surface area contributed by atoms with E-state index in [2.05, 4.69) is 4.98 Å². The van der Waals surface area contributed by atoms with Crippen LogP contribution in [0.4, 0.5) is 0 Å². The second-order valence-electron chi connectivity index (χ2n) is 3.54. The third-order valence-corrected chi connectivity index (χ3v) is 2.12. The minimum atomic E-state index is 0.0251. The number of rotatable bonds is 3. The molecule has 0 radical (unpaired) electrons. The number of phenols is 1. The molecule has 16 heavy (non-hydrogen) atoms. The highest BCUT2D eigenvalue weighted by Gasteiger charge is 2.11. The smallest absolute Gasteiger partial charge is 0.229 e. The molecule has 82 valence electrons. The number of oxazole rings is 1. The van der Waals surface area contributed by atoms with Gasteiger partial charge in [-0.3, -0.25) is 4.79 Å². The molecule has 0 aliphatic carbocycles. The summed E-state index contributed by atoms with van der Waals surface area (Å²) in [5, 5.41) is 9.59. The van der Waals surface area contributed by atoms with Crippen molar-refractivity contribution >= 4 is 5.78 Å². The van der Waals surface area contributed by atoms with Gasteiger partial charge < -0.3 is 9.52 Å². The Morgan fingerprint density at radius 3 is 2.88 bits per heavy atom. The third-order valence-electron chi connectivity index (χ3n) is 2.12. The fourth-order valence-corrected chi connectivity index (χ4v) is 1.42. The second kappa shape index (κ2) is 4.18. The maximum absolute atomic E-state index is 10.9. The Labute approximate surface area is 92.6 Å². The van der Waals surface area contributed by atoms with Crippen LogP contribution in [0.5, 0.6) is 5.75 Å². The molecule has 1 N–H and O–H groups in total. The highest BCUT2D eigenvalue weighted by Crippen LogP contribution is 2.27. The number of aromatic hydroxyl groups is 1. The molecule has 0 atom stereocenters. The molecule has 0 saturated heterocycles. The molecular formula is C12H11NO3. The van der Waals surface area contributed by atoms with Gasteiger partial charge in [-0.1, -0.05) is 12.1 Å². The lowest BCUT2D eigenvalue weighted by Gasteiger charge is -1.97. The first-order valence-electron chi connectivity index (χ1n) is 4.89. The van der Waals surface area contributed by atoms with E-state index in [-0.39, 0.29) is 18.0 Å². The van der Waals surface area contributed by atoms with Gasteiger partial charge in [-0.25, -0.2) is 4.98 Å². The first-order chi connectivity index (χ1) is 7.66. The largest absolute Gasteiger partial charge is 0.507 e. The monoisotopic (exact) mass is 217 g/mol. The summed E-state index contributed by atoms with van der Waals surface area (Å²) in [7, 11) is 0. The molecule has 0 bridgehead atoms. The van der Waals surface area contributed by atoms with Crippen LogP contribution in [-0.4, -0.2) is 15.9 Å². The maximum atomic E-state index is 10.9. The Balaban J connectivity index is 2.32. The van der Waals surface area contributed by atoms with Crippen LogP contribution in [0.1, 0.15) is 12.6 Å². The molecule has 0 aliphatic rings. The quantitative estimate of drug-likeness (QED) is 0.855. The molecule has 0 aliphatic heterocycles. The average Bonchev–Trinajstić information content (AvgIpc) is 2.66. The molecule has 2 rings (SSSR count). The van der Waals surface area contributed by atoms with Gasteiger partial charge in [0.1, 0.15) is 17.8 Å². The van der Waals surface area contributed by atoms with Crippen molar-refractivity contribution in [3.8, 4) is 17.2 Å². The van der Waals surface area contributed by atoms with Crippen molar-refractivity contribution in [3.05, 3.63) is 36.2 Å². The maximum Gasteiger partial charge on any atom is 0.229 e. The van der Waals surface area contributed by atoms with Crippen molar-refractivity contribution in [2.75, 3.05) is 0 Å². The standard InChI is InChI=1S/C12H11NO3/c1-8(14)6-9-7-16-12(13-9)10-4-2-3-5-11(10)15/h2-5,7,15H,6H2,1H3. The van der Waals surface area contributed by atoms with E-state index < -0.39 is 0 Å². The fraction of sp³-hybridized carbons (Fsp3) is 0.167. The fourth-order valence-electron chi connectivity index (χ4n) is 1.42. The topological polar surface area (TPSA) is 63.3 Å². The Hall–Kier alpha value is -2.10. The molecule has 0 spiro atoms. The predicted molar refractivity (Wildman–Crippen MR) is 58.0 cm³/mol. The Morgan fingerprint density at radius 1 is 1.44 bits per heavy atom. The normalized spacial score (nSPS) is 10.3. The van der Waals surface area contributed by atoms with Crippen LogP contribution in [0.3, 0.4) is 0 Å². The number of Topliss-reactive ketones (excluding diaryl/α,β-unsaturated/α-hetero) is 1. The lowest BCUT2D eigenvalue weighted by Crippen LogP contribution is -1.96. The number of phenolic OH excluding ortho intramolecular Hbond substituents is 1. The van der Waals surface area contributed by atoms with Crippen LogP contribution in [0, 0.1) is 0 Å². The van der Waals surface area contributed by atoms with Gasteiger partial charge >= 0.3 is 0 Å². The highest BCUT2D eigenvalue weighted by molar-refractivity contribution is 5.77. The number of hydrogen-bond donors (Lipinski definition) is 1. The number of carbonyl (C=O) groups excluding carboxylic acids is 1. The second-order valence-corrected chi connectivity index (χ2v) is 3.54. The zero-order valence-corrected chi connectivity index (χ0v) is 8.80. The van der Waals surface area contributed by atoms with Gasteiger partial charge in [0.2, 0.25) is 5.89 Å². The zero-order valence-electron chi connectivity index (χ0n) is 8.80. The summed E-state index contributed by atoms with van der Waals surface area (Å²) >= 11 is 0. The summed E-state index contributed by atoms with van der Waals surface area (Å²) in [4.78, 5) is 15.0. The summed E-state index contributed by atoms with van der Waals surface area (Å²) < 4.78 is 5.21. The lowest BCUT2D eigenvalue weighted by molar-refractivity contribution is -0.116. The van der Waals surface area contributed by atoms with E-state index in [0.717, 1.165) is 0 Å². The van der Waals surface area contributed by atoms with Crippen molar-refractivity contribution in [2.24, 2.45) is 0 Å². The minimum absolute atomic E-state index is 0.0251. The first kappa shape index (κ1) is 10.4. The number of nitrogens with zero attached hydrogens (tertiary/aromatic N) is 1. The first-order valence-corrected chi connectivity index (χ1v) is 4.89. The molecule has 0 saturated carbocycles. The third kappa shape index (κ3) is 2.11. The summed E-state index contributed by atoms with van der Waals surface area (Å²) in [5.41, 5.74) is 1.10. The van der Waals surface area contributed by atoms with Gasteiger partial charge in [0.25, 0.3) is 0 Å². The molecule has 1 aromatic carbocycles. The van der Waals surface area contributed by atoms with E-state index in [4.69, 9.17) is 4.42 Å². The van der Waals surface area contributed by atoms with Crippen LogP contribution in [0.2, 0.25) is 0 Å². The van der Waals surface area contributed by atoms with E-state index in [0.29, 0.717) is 17.1 Å². The Morgan fingerprint density at radius 2 is 2.19 bits per heavy atom. The van der Waals surface area contributed by atoms with Gasteiger partial charge in [0.15, 0.2) is 0 Å². The van der Waals surface area contributed by atoms with E-state index in [1.807, 2.05) is 0 Å². The van der Waals surface area contributed by atoms with Crippen LogP contribution >= 0.6 is 0 Å².